The lowest BCUT2D eigenvalue weighted by atomic mass is 9.92. The summed E-state index contributed by atoms with van der Waals surface area (Å²) in [5.41, 5.74) is 3.22. The van der Waals surface area contributed by atoms with Gasteiger partial charge in [0, 0.05) is 51.1 Å². The number of anilines is 4. The lowest BCUT2D eigenvalue weighted by Crippen LogP contribution is -2.21. The van der Waals surface area contributed by atoms with E-state index < -0.39 is 0 Å². The molecule has 2 aromatic carbocycles. The van der Waals surface area contributed by atoms with Crippen molar-refractivity contribution in [3.63, 3.8) is 0 Å². The molecule has 10 nitrogen and oxygen atoms in total. The van der Waals surface area contributed by atoms with Crippen LogP contribution in [0, 0.1) is 6.92 Å². The lowest BCUT2D eigenvalue weighted by Gasteiger charge is -2.14. The third-order valence-corrected chi connectivity index (χ3v) is 7.70. The quantitative estimate of drug-likeness (QED) is 0.162. The summed E-state index contributed by atoms with van der Waals surface area (Å²) in [4.78, 5) is 27.1. The second kappa shape index (κ2) is 12.1. The van der Waals surface area contributed by atoms with E-state index in [4.69, 9.17) is 9.84 Å². The summed E-state index contributed by atoms with van der Waals surface area (Å²) in [5.74, 6) is 2.55. The standard InChI is InChI=1S/C33H32N8O2S/c1-21-15-23(20-44-21)41-31(17-28(40-41)33(2,3)4)39-32(42)37-26-9-10-27(25-8-6-5-7-24(25)26)43-19-22-11-12-35-29(16-22)38-30-18-34-13-14-36-30/h5-18,20H,19H2,1-4H3,(H,35,36,38)(H2,37,39,42). The SMILES string of the molecule is Cc1cc(-n2nc(C(C)(C)C)cc2NC(=O)Nc2ccc(OCc3ccnc(Nc4cnccn4)c3)c3ccccc23)cs1. The number of nitrogens with zero attached hydrogens (tertiary/aromatic N) is 5. The minimum absolute atomic E-state index is 0.180. The van der Waals surface area contributed by atoms with Crippen LogP contribution in [0.25, 0.3) is 16.5 Å². The van der Waals surface area contributed by atoms with Crippen LogP contribution in [0.5, 0.6) is 5.75 Å². The lowest BCUT2D eigenvalue weighted by molar-refractivity contribution is 0.262. The van der Waals surface area contributed by atoms with Gasteiger partial charge in [-0.2, -0.15) is 5.10 Å². The summed E-state index contributed by atoms with van der Waals surface area (Å²) in [7, 11) is 0. The molecule has 0 bridgehead atoms. The highest BCUT2D eigenvalue weighted by Crippen LogP contribution is 2.33. The molecule has 6 aromatic rings. The van der Waals surface area contributed by atoms with Crippen LogP contribution < -0.4 is 20.7 Å². The van der Waals surface area contributed by atoms with Crippen LogP contribution in [0.2, 0.25) is 0 Å². The summed E-state index contributed by atoms with van der Waals surface area (Å²) < 4.78 is 8.03. The van der Waals surface area contributed by atoms with Gasteiger partial charge in [0.15, 0.2) is 0 Å². The van der Waals surface area contributed by atoms with Gasteiger partial charge in [0.25, 0.3) is 0 Å². The van der Waals surface area contributed by atoms with Crippen molar-refractivity contribution >= 4 is 51.3 Å². The molecule has 2 amide bonds. The van der Waals surface area contributed by atoms with Crippen LogP contribution >= 0.6 is 11.3 Å². The fourth-order valence-corrected chi connectivity index (χ4v) is 5.30. The third kappa shape index (κ3) is 6.52. The number of benzene rings is 2. The highest BCUT2D eigenvalue weighted by molar-refractivity contribution is 7.10. The Labute approximate surface area is 259 Å². The minimum Gasteiger partial charge on any atom is -0.488 e. The summed E-state index contributed by atoms with van der Waals surface area (Å²) in [6.07, 6.45) is 6.59. The maximum Gasteiger partial charge on any atom is 0.324 e. The van der Waals surface area contributed by atoms with Gasteiger partial charge in [-0.15, -0.1) is 11.3 Å². The number of rotatable bonds is 8. The van der Waals surface area contributed by atoms with Gasteiger partial charge in [0.05, 0.1) is 23.3 Å². The van der Waals surface area contributed by atoms with Crippen LogP contribution in [0.1, 0.15) is 36.9 Å². The van der Waals surface area contributed by atoms with Crippen molar-refractivity contribution in [2.75, 3.05) is 16.0 Å². The van der Waals surface area contributed by atoms with Crippen molar-refractivity contribution < 1.29 is 9.53 Å². The highest BCUT2D eigenvalue weighted by Gasteiger charge is 2.22. The van der Waals surface area contributed by atoms with Crippen LogP contribution in [0.3, 0.4) is 0 Å². The molecule has 0 aliphatic heterocycles. The summed E-state index contributed by atoms with van der Waals surface area (Å²) >= 11 is 1.64. The van der Waals surface area contributed by atoms with E-state index in [2.05, 4.69) is 57.7 Å². The fourth-order valence-electron chi connectivity index (χ4n) is 4.64. The molecule has 4 heterocycles. The number of ether oxygens (including phenoxy) is 1. The molecule has 0 aliphatic carbocycles. The number of aromatic nitrogens is 5. The maximum atomic E-state index is 13.3. The zero-order valence-electron chi connectivity index (χ0n) is 24.8. The number of urea groups is 1. The second-order valence-electron chi connectivity index (χ2n) is 11.3. The first-order chi connectivity index (χ1) is 21.2. The van der Waals surface area contributed by atoms with Crippen LogP contribution in [-0.4, -0.2) is 30.8 Å². The van der Waals surface area contributed by atoms with Gasteiger partial charge in [-0.3, -0.25) is 10.3 Å². The predicted octanol–water partition coefficient (Wildman–Crippen LogP) is 7.84. The van der Waals surface area contributed by atoms with E-state index in [-0.39, 0.29) is 11.4 Å². The Morgan fingerprint density at radius 2 is 1.75 bits per heavy atom. The van der Waals surface area contributed by atoms with Gasteiger partial charge < -0.3 is 15.4 Å². The second-order valence-corrected chi connectivity index (χ2v) is 12.4. The zero-order chi connectivity index (χ0) is 30.7. The molecule has 0 aliphatic rings. The Balaban J connectivity index is 1.19. The van der Waals surface area contributed by atoms with E-state index in [9.17, 15) is 4.79 Å². The number of aryl methyl sites for hydroxylation is 1. The molecule has 0 spiro atoms. The van der Waals surface area contributed by atoms with Crippen molar-refractivity contribution in [3.05, 3.63) is 107 Å². The summed E-state index contributed by atoms with van der Waals surface area (Å²) in [6.45, 7) is 8.68. The number of fused-ring (bicyclic) bond motifs is 1. The molecule has 6 rings (SSSR count). The zero-order valence-corrected chi connectivity index (χ0v) is 25.6. The van der Waals surface area contributed by atoms with Crippen molar-refractivity contribution in [1.82, 2.24) is 24.7 Å². The van der Waals surface area contributed by atoms with Crippen LogP contribution in [0.4, 0.5) is 27.9 Å². The Morgan fingerprint density at radius 3 is 2.50 bits per heavy atom. The highest BCUT2D eigenvalue weighted by atomic mass is 32.1. The van der Waals surface area contributed by atoms with E-state index in [1.165, 1.54) is 4.88 Å². The number of carbonyl (C=O) groups is 1. The molecule has 11 heteroatoms. The monoisotopic (exact) mass is 604 g/mol. The molecule has 222 valence electrons. The van der Waals surface area contributed by atoms with E-state index in [0.717, 1.165) is 27.7 Å². The van der Waals surface area contributed by atoms with Crippen molar-refractivity contribution in [2.24, 2.45) is 0 Å². The molecular weight excluding hydrogens is 572 g/mol. The van der Waals surface area contributed by atoms with Gasteiger partial charge in [0.1, 0.15) is 29.8 Å². The number of amides is 2. The Kier molecular flexibility index (Phi) is 7.95. The number of thiophene rings is 1. The van der Waals surface area contributed by atoms with Crippen LogP contribution in [-0.2, 0) is 12.0 Å². The first-order valence-electron chi connectivity index (χ1n) is 14.1. The number of nitrogens with one attached hydrogen (secondary N) is 3. The number of hydrogen-bond acceptors (Lipinski definition) is 8. The Hall–Kier alpha value is -5.29. The largest absolute Gasteiger partial charge is 0.488 e. The van der Waals surface area contributed by atoms with Crippen molar-refractivity contribution in [3.8, 4) is 11.4 Å². The van der Waals surface area contributed by atoms with E-state index in [1.54, 1.807) is 40.8 Å². The number of pyridine rings is 1. The van der Waals surface area contributed by atoms with Gasteiger partial charge in [-0.05, 0) is 42.8 Å². The predicted molar refractivity (Wildman–Crippen MR) is 175 cm³/mol. The topological polar surface area (TPSA) is 119 Å². The van der Waals surface area contributed by atoms with Gasteiger partial charge in [-0.25, -0.2) is 19.4 Å². The molecule has 0 fully saturated rings. The molecule has 0 saturated carbocycles. The average Bonchev–Trinajstić information content (AvgIpc) is 3.63. The molecule has 4 aromatic heterocycles. The number of carbonyl (C=O) groups excluding carboxylic acids is 1. The smallest absolute Gasteiger partial charge is 0.324 e. The molecule has 44 heavy (non-hydrogen) atoms. The van der Waals surface area contributed by atoms with E-state index in [1.807, 2.05) is 66.9 Å². The van der Waals surface area contributed by atoms with Crippen molar-refractivity contribution in [2.45, 2.75) is 39.7 Å². The van der Waals surface area contributed by atoms with Gasteiger partial charge in [0.2, 0.25) is 0 Å². The average molecular weight is 605 g/mol. The first kappa shape index (κ1) is 28.8. The Morgan fingerprint density at radius 1 is 0.932 bits per heavy atom. The molecule has 3 N–H and O–H groups in total. The molecule has 0 atom stereocenters. The summed E-state index contributed by atoms with van der Waals surface area (Å²) in [6, 6.07) is 19.0. The van der Waals surface area contributed by atoms with Gasteiger partial charge in [-0.1, -0.05) is 45.0 Å². The molecular formula is C33H32N8O2S. The normalized spacial score (nSPS) is 11.4. The van der Waals surface area contributed by atoms with E-state index >= 15 is 0 Å². The third-order valence-electron chi connectivity index (χ3n) is 6.85. The molecule has 0 radical (unpaired) electrons. The fraction of sp³-hybridized carbons (Fsp3) is 0.182. The van der Waals surface area contributed by atoms with Crippen molar-refractivity contribution in [1.29, 1.82) is 0 Å². The van der Waals surface area contributed by atoms with Crippen LogP contribution in [0.15, 0.2) is 90.8 Å². The first-order valence-corrected chi connectivity index (χ1v) is 15.0. The number of hydrogen-bond donors (Lipinski definition) is 3. The maximum absolute atomic E-state index is 13.3. The van der Waals surface area contributed by atoms with E-state index in [0.29, 0.717) is 35.5 Å². The minimum atomic E-state index is -0.364. The summed E-state index contributed by atoms with van der Waals surface area (Å²) in [5, 5.41) is 17.8. The van der Waals surface area contributed by atoms with Gasteiger partial charge >= 0.3 is 6.03 Å². The molecule has 0 saturated heterocycles. The Bertz CT molecular complexity index is 1930. The molecule has 0 unspecified atom stereocenters.